The van der Waals surface area contributed by atoms with Crippen LogP contribution in [0.25, 0.3) is 0 Å². The molecule has 2 aliphatic rings. The molecular weight excluding hydrogens is 494 g/mol. The molecule has 3 N–H and O–H groups in total. The molecule has 7 nitrogen and oxygen atoms in total. The van der Waals surface area contributed by atoms with Crippen molar-refractivity contribution >= 4 is 39.3 Å². The van der Waals surface area contributed by atoms with Gasteiger partial charge >= 0.3 is 0 Å². The van der Waals surface area contributed by atoms with E-state index >= 15 is 0 Å². The first-order valence-corrected chi connectivity index (χ1v) is 15.7. The van der Waals surface area contributed by atoms with Crippen molar-refractivity contribution in [2.45, 2.75) is 88.7 Å². The fourth-order valence-electron chi connectivity index (χ4n) is 4.29. The third-order valence-electron chi connectivity index (χ3n) is 6.35. The topological polar surface area (TPSA) is 99.8 Å². The average molecular weight is 536 g/mol. The monoisotopic (exact) mass is 535 g/mol. The van der Waals surface area contributed by atoms with Gasteiger partial charge in [0, 0.05) is 30.5 Å². The molecule has 2 heterocycles. The quantitative estimate of drug-likeness (QED) is 0.165. The van der Waals surface area contributed by atoms with Gasteiger partial charge in [0.2, 0.25) is 11.8 Å². The van der Waals surface area contributed by atoms with Gasteiger partial charge in [0.1, 0.15) is 12.1 Å². The van der Waals surface area contributed by atoms with Crippen LogP contribution in [0.15, 0.2) is 30.3 Å². The normalized spacial score (nSPS) is 21.7. The number of nitrogens with one attached hydrogen (secondary N) is 3. The van der Waals surface area contributed by atoms with Gasteiger partial charge < -0.3 is 20.7 Å². The molecule has 0 aromatic heterocycles. The van der Waals surface area contributed by atoms with Gasteiger partial charge in [0.15, 0.2) is 6.10 Å². The van der Waals surface area contributed by atoms with Crippen molar-refractivity contribution in [3.8, 4) is 0 Å². The summed E-state index contributed by atoms with van der Waals surface area (Å²) in [5.41, 5.74) is 0.969. The zero-order valence-electron chi connectivity index (χ0n) is 21.5. The lowest BCUT2D eigenvalue weighted by molar-refractivity contribution is -0.130. The smallest absolute Gasteiger partial charge is 0.252 e. The molecule has 2 fully saturated rings. The zero-order chi connectivity index (χ0) is 25.8. The van der Waals surface area contributed by atoms with E-state index in [1.807, 2.05) is 65.8 Å². The fourth-order valence-corrected chi connectivity index (χ4v) is 7.32. The summed E-state index contributed by atoms with van der Waals surface area (Å²) in [6.07, 6.45) is 6.52. The largest absolute Gasteiger partial charge is 0.356 e. The Kier molecular flexibility index (Phi) is 12.4. The molecule has 1 aromatic rings. The predicted molar refractivity (Wildman–Crippen MR) is 148 cm³/mol. The summed E-state index contributed by atoms with van der Waals surface area (Å²) in [5.74, 6) is 1.22. The molecule has 0 saturated carbocycles. The molecule has 3 rings (SSSR count). The highest BCUT2D eigenvalue weighted by atomic mass is 33.1. The Morgan fingerprint density at radius 2 is 1.78 bits per heavy atom. The highest BCUT2D eigenvalue weighted by Gasteiger charge is 2.46. The molecule has 0 radical (unpaired) electrons. The number of hydrogen-bond donors (Lipinski definition) is 3. The van der Waals surface area contributed by atoms with Crippen molar-refractivity contribution in [1.29, 1.82) is 0 Å². The number of carbonyl (C=O) groups excluding carboxylic acids is 3. The zero-order valence-corrected chi connectivity index (χ0v) is 23.1. The lowest BCUT2D eigenvalue weighted by Gasteiger charge is -2.20. The van der Waals surface area contributed by atoms with Crippen LogP contribution in [-0.2, 0) is 19.1 Å². The molecule has 4 atom stereocenters. The van der Waals surface area contributed by atoms with E-state index in [4.69, 9.17) is 4.74 Å². The maximum Gasteiger partial charge on any atom is 0.252 e. The van der Waals surface area contributed by atoms with E-state index < -0.39 is 12.1 Å². The van der Waals surface area contributed by atoms with Crippen LogP contribution < -0.4 is 16.0 Å². The van der Waals surface area contributed by atoms with Crippen molar-refractivity contribution in [1.82, 2.24) is 16.0 Å². The number of rotatable bonds is 16. The Morgan fingerprint density at radius 1 is 1.03 bits per heavy atom. The SMILES string of the molecule is CC(C)C[C@H](NC(=O)C1OC1c1ccccc1)C(=O)NCCCCNC(=O)CCCCC1CCSS1. The number of epoxide rings is 1. The molecule has 36 heavy (non-hydrogen) atoms. The highest BCUT2D eigenvalue weighted by molar-refractivity contribution is 8.77. The van der Waals surface area contributed by atoms with Crippen LogP contribution in [0.5, 0.6) is 0 Å². The molecule has 9 heteroatoms. The first-order valence-electron chi connectivity index (χ1n) is 13.3. The first kappa shape index (κ1) is 28.9. The Morgan fingerprint density at radius 3 is 2.47 bits per heavy atom. The summed E-state index contributed by atoms with van der Waals surface area (Å²) < 4.78 is 5.57. The first-order chi connectivity index (χ1) is 17.4. The molecule has 3 unspecified atom stereocenters. The number of hydrogen-bond acceptors (Lipinski definition) is 6. The second-order valence-corrected chi connectivity index (χ2v) is 12.8. The van der Waals surface area contributed by atoms with Crippen LogP contribution in [0.1, 0.15) is 76.9 Å². The lowest BCUT2D eigenvalue weighted by atomic mass is 10.0. The molecule has 3 amide bonds. The second-order valence-electron chi connectivity index (χ2n) is 10.0. The summed E-state index contributed by atoms with van der Waals surface area (Å²) in [6, 6.07) is 9.06. The standard InChI is InChI=1S/C27H41N3O4S2/c1-19(2)18-22(30-27(33)25-24(34-25)20-10-4-3-5-11-20)26(32)29-16-9-8-15-28-23(31)13-7-6-12-21-14-17-35-36-21/h3-5,10-11,19,21-22,24-25H,6-9,12-18H2,1-2H3,(H,28,31)(H,29,32)(H,30,33)/t21?,22-,24?,25?/m0/s1. The number of carbonyl (C=O) groups is 3. The van der Waals surface area contributed by atoms with Crippen LogP contribution in [-0.4, -0.2) is 54.0 Å². The molecule has 200 valence electrons. The van der Waals surface area contributed by atoms with Crippen molar-refractivity contribution in [3.63, 3.8) is 0 Å². The van der Waals surface area contributed by atoms with E-state index in [1.54, 1.807) is 0 Å². The van der Waals surface area contributed by atoms with Gasteiger partial charge in [0.25, 0.3) is 5.91 Å². The minimum Gasteiger partial charge on any atom is -0.356 e. The number of amides is 3. The molecule has 2 aliphatic heterocycles. The molecule has 0 bridgehead atoms. The van der Waals surface area contributed by atoms with Gasteiger partial charge in [0.05, 0.1) is 0 Å². The van der Waals surface area contributed by atoms with Gasteiger partial charge in [-0.15, -0.1) is 0 Å². The molecule has 0 aliphatic carbocycles. The summed E-state index contributed by atoms with van der Waals surface area (Å²) in [6.45, 7) is 5.20. The summed E-state index contributed by atoms with van der Waals surface area (Å²) in [4.78, 5) is 37.4. The number of benzene rings is 1. The molecule has 2 saturated heterocycles. The Hall–Kier alpha value is -1.71. The van der Waals surface area contributed by atoms with Crippen LogP contribution in [0.4, 0.5) is 0 Å². The molecule has 0 spiro atoms. The second kappa shape index (κ2) is 15.5. The van der Waals surface area contributed by atoms with E-state index in [9.17, 15) is 14.4 Å². The van der Waals surface area contributed by atoms with E-state index in [-0.39, 0.29) is 29.7 Å². The fraction of sp³-hybridized carbons (Fsp3) is 0.667. The minimum absolute atomic E-state index is 0.114. The van der Waals surface area contributed by atoms with Crippen LogP contribution in [0.2, 0.25) is 0 Å². The third kappa shape index (κ3) is 10.3. The summed E-state index contributed by atoms with van der Waals surface area (Å²) in [5, 5.41) is 9.58. The summed E-state index contributed by atoms with van der Waals surface area (Å²) >= 11 is 0. The van der Waals surface area contributed by atoms with Crippen LogP contribution in [0, 0.1) is 5.92 Å². The third-order valence-corrected chi connectivity index (χ3v) is 9.36. The van der Waals surface area contributed by atoms with Gasteiger partial charge in [-0.1, -0.05) is 72.2 Å². The minimum atomic E-state index is -0.584. The Bertz CT molecular complexity index is 834. The number of unbranched alkanes of at least 4 members (excludes halogenated alkanes) is 2. The lowest BCUT2D eigenvalue weighted by Crippen LogP contribution is -2.49. The maximum atomic E-state index is 12.8. The van der Waals surface area contributed by atoms with E-state index in [0.29, 0.717) is 25.9 Å². The average Bonchev–Trinajstić information content (AvgIpc) is 3.51. The van der Waals surface area contributed by atoms with Gasteiger partial charge in [-0.3, -0.25) is 14.4 Å². The van der Waals surface area contributed by atoms with Crippen molar-refractivity contribution in [2.75, 3.05) is 18.8 Å². The van der Waals surface area contributed by atoms with Crippen LogP contribution in [0.3, 0.4) is 0 Å². The number of ether oxygens (including phenoxy) is 1. The molecule has 1 aromatic carbocycles. The van der Waals surface area contributed by atoms with Crippen LogP contribution >= 0.6 is 21.6 Å². The van der Waals surface area contributed by atoms with Gasteiger partial charge in [-0.05, 0) is 50.0 Å². The highest BCUT2D eigenvalue weighted by Crippen LogP contribution is 2.40. The predicted octanol–water partition coefficient (Wildman–Crippen LogP) is 4.38. The van der Waals surface area contributed by atoms with E-state index in [2.05, 4.69) is 16.0 Å². The van der Waals surface area contributed by atoms with E-state index in [0.717, 1.165) is 36.5 Å². The summed E-state index contributed by atoms with van der Waals surface area (Å²) in [7, 11) is 3.96. The van der Waals surface area contributed by atoms with Crippen molar-refractivity contribution < 1.29 is 19.1 Å². The maximum absolute atomic E-state index is 12.8. The van der Waals surface area contributed by atoms with Gasteiger partial charge in [-0.2, -0.15) is 0 Å². The van der Waals surface area contributed by atoms with Crippen molar-refractivity contribution in [3.05, 3.63) is 35.9 Å². The van der Waals surface area contributed by atoms with E-state index in [1.165, 1.54) is 18.6 Å². The Labute approximate surface area is 223 Å². The molecular formula is C27H41N3O4S2. The van der Waals surface area contributed by atoms with Crippen molar-refractivity contribution in [2.24, 2.45) is 5.92 Å². The Balaban J connectivity index is 1.26. The van der Waals surface area contributed by atoms with Gasteiger partial charge in [-0.25, -0.2) is 0 Å².